The number of hydrogen-bond donors (Lipinski definition) is 1. The van der Waals surface area contributed by atoms with Crippen molar-refractivity contribution in [1.82, 2.24) is 5.32 Å². The third kappa shape index (κ3) is 10.5. The van der Waals surface area contributed by atoms with Crippen LogP contribution >= 0.6 is 0 Å². The van der Waals surface area contributed by atoms with E-state index < -0.39 is 12.1 Å². The van der Waals surface area contributed by atoms with Gasteiger partial charge in [-0.25, -0.2) is 14.4 Å². The van der Waals surface area contributed by atoms with Gasteiger partial charge in [0.2, 0.25) is 0 Å². The number of carbonyl (C=O) groups is 3. The van der Waals surface area contributed by atoms with Gasteiger partial charge in [-0.05, 0) is 55.5 Å². The minimum Gasteiger partial charge on any atom is -0.462 e. The van der Waals surface area contributed by atoms with E-state index in [0.29, 0.717) is 30.9 Å². The van der Waals surface area contributed by atoms with E-state index in [-0.39, 0.29) is 25.8 Å². The molecule has 2 aromatic carbocycles. The highest BCUT2D eigenvalue weighted by Gasteiger charge is 2.08. The van der Waals surface area contributed by atoms with E-state index in [4.69, 9.17) is 18.9 Å². The summed E-state index contributed by atoms with van der Waals surface area (Å²) in [5.41, 5.74) is 0.888. The highest BCUT2D eigenvalue weighted by atomic mass is 16.6. The largest absolute Gasteiger partial charge is 0.462 e. The van der Waals surface area contributed by atoms with Crippen molar-refractivity contribution in [3.05, 3.63) is 60.2 Å². The number of benzene rings is 2. The molecule has 8 heteroatoms. The van der Waals surface area contributed by atoms with E-state index in [1.54, 1.807) is 13.0 Å². The lowest BCUT2D eigenvalue weighted by atomic mass is 10.1. The molecule has 0 atom stereocenters. The molecule has 0 saturated heterocycles. The van der Waals surface area contributed by atoms with Gasteiger partial charge in [-0.15, -0.1) is 0 Å². The van der Waals surface area contributed by atoms with Crippen molar-refractivity contribution >= 4 is 28.8 Å². The van der Waals surface area contributed by atoms with Gasteiger partial charge < -0.3 is 24.3 Å². The van der Waals surface area contributed by atoms with Crippen molar-refractivity contribution < 1.29 is 33.3 Å². The first kappa shape index (κ1) is 26.9. The summed E-state index contributed by atoms with van der Waals surface area (Å²) in [6, 6.07) is 13.4. The van der Waals surface area contributed by atoms with Gasteiger partial charge in [0.1, 0.15) is 6.61 Å². The van der Waals surface area contributed by atoms with Crippen LogP contribution in [0.4, 0.5) is 4.79 Å². The van der Waals surface area contributed by atoms with Gasteiger partial charge >= 0.3 is 18.0 Å². The second-order valence-corrected chi connectivity index (χ2v) is 7.70. The summed E-state index contributed by atoms with van der Waals surface area (Å²) in [5, 5.41) is 4.68. The summed E-state index contributed by atoms with van der Waals surface area (Å²) >= 11 is 0. The highest BCUT2D eigenvalue weighted by molar-refractivity contribution is 5.95. The molecule has 2 aromatic rings. The summed E-state index contributed by atoms with van der Waals surface area (Å²) in [6.07, 6.45) is 2.73. The lowest BCUT2D eigenvalue weighted by molar-refractivity contribution is -0.140. The maximum absolute atomic E-state index is 12.2. The van der Waals surface area contributed by atoms with Crippen LogP contribution in [0.5, 0.6) is 0 Å². The normalized spacial score (nSPS) is 10.5. The number of nitrogens with one attached hydrogen (secondary N) is 1. The molecule has 8 nitrogen and oxygen atoms in total. The quantitative estimate of drug-likeness (QED) is 0.178. The molecule has 0 aromatic heterocycles. The molecule has 0 unspecified atom stereocenters. The number of fused-ring (bicyclic) bond motifs is 1. The van der Waals surface area contributed by atoms with Crippen LogP contribution in [0.1, 0.15) is 43.0 Å². The third-order valence-electron chi connectivity index (χ3n) is 4.82. The van der Waals surface area contributed by atoms with Crippen LogP contribution in [-0.2, 0) is 23.7 Å². The van der Waals surface area contributed by atoms with Crippen molar-refractivity contribution in [2.45, 2.75) is 32.6 Å². The molecule has 0 heterocycles. The lowest BCUT2D eigenvalue weighted by Gasteiger charge is -2.08. The molecule has 0 radical (unpaired) electrons. The maximum atomic E-state index is 12.2. The molecule has 0 spiro atoms. The van der Waals surface area contributed by atoms with Gasteiger partial charge in [-0.1, -0.05) is 36.9 Å². The molecular formula is C26H33NO7. The van der Waals surface area contributed by atoms with Gasteiger partial charge in [0, 0.05) is 12.1 Å². The van der Waals surface area contributed by atoms with Crippen LogP contribution in [0.15, 0.2) is 54.6 Å². The number of carbonyl (C=O) groups excluding carboxylic acids is 3. The van der Waals surface area contributed by atoms with Gasteiger partial charge in [-0.3, -0.25) is 0 Å². The third-order valence-corrected chi connectivity index (χ3v) is 4.82. The van der Waals surface area contributed by atoms with Crippen LogP contribution in [0, 0.1) is 0 Å². The van der Waals surface area contributed by atoms with Gasteiger partial charge in [0.05, 0.1) is 32.0 Å². The second-order valence-electron chi connectivity index (χ2n) is 7.70. The average molecular weight is 472 g/mol. The Kier molecular flexibility index (Phi) is 12.2. The maximum Gasteiger partial charge on any atom is 0.407 e. The van der Waals surface area contributed by atoms with Crippen LogP contribution < -0.4 is 5.32 Å². The van der Waals surface area contributed by atoms with Gasteiger partial charge in [0.15, 0.2) is 0 Å². The van der Waals surface area contributed by atoms with Crippen molar-refractivity contribution in [2.75, 3.05) is 39.6 Å². The Hall–Kier alpha value is -3.39. The van der Waals surface area contributed by atoms with Crippen molar-refractivity contribution in [3.63, 3.8) is 0 Å². The van der Waals surface area contributed by atoms with E-state index >= 15 is 0 Å². The predicted octanol–water partition coefficient (Wildman–Crippen LogP) is 4.42. The summed E-state index contributed by atoms with van der Waals surface area (Å²) in [7, 11) is 0. The van der Waals surface area contributed by atoms with E-state index in [2.05, 4.69) is 11.9 Å². The van der Waals surface area contributed by atoms with Crippen molar-refractivity contribution in [1.29, 1.82) is 0 Å². The zero-order valence-electron chi connectivity index (χ0n) is 19.7. The first-order valence-electron chi connectivity index (χ1n) is 11.4. The molecule has 184 valence electrons. The number of rotatable bonds is 15. The fraction of sp³-hybridized carbons (Fsp3) is 0.423. The molecular weight excluding hydrogens is 438 g/mol. The number of unbranched alkanes of at least 4 members (excludes halogenated alkanes) is 3. The Morgan fingerprint density at radius 1 is 0.794 bits per heavy atom. The summed E-state index contributed by atoms with van der Waals surface area (Å²) in [5.74, 6) is -0.769. The molecule has 0 aliphatic rings. The van der Waals surface area contributed by atoms with Crippen molar-refractivity contribution in [3.8, 4) is 0 Å². The molecule has 0 aliphatic heterocycles. The number of esters is 2. The monoisotopic (exact) mass is 471 g/mol. The first-order chi connectivity index (χ1) is 16.5. The minimum atomic E-state index is -0.498. The molecule has 0 saturated carbocycles. The zero-order valence-corrected chi connectivity index (χ0v) is 19.7. The fourth-order valence-corrected chi connectivity index (χ4v) is 2.98. The minimum absolute atomic E-state index is 0.138. The Labute approximate surface area is 200 Å². The number of hydrogen-bond acceptors (Lipinski definition) is 7. The smallest absolute Gasteiger partial charge is 0.407 e. The fourth-order valence-electron chi connectivity index (χ4n) is 2.98. The first-order valence-corrected chi connectivity index (χ1v) is 11.4. The molecule has 1 amide bonds. The molecule has 1 N–H and O–H groups in total. The van der Waals surface area contributed by atoms with Crippen LogP contribution in [0.3, 0.4) is 0 Å². The van der Waals surface area contributed by atoms with Crippen LogP contribution in [0.2, 0.25) is 0 Å². The molecule has 0 fully saturated rings. The van der Waals surface area contributed by atoms with Crippen molar-refractivity contribution in [2.24, 2.45) is 0 Å². The molecule has 0 aliphatic carbocycles. The summed E-state index contributed by atoms with van der Waals surface area (Å²) < 4.78 is 20.6. The standard InChI is InChI=1S/C26H33NO7/c1-20(2)24(28)33-18-17-31-16-13-27-26(30)34-15-8-4-3-7-14-32-25(29)23-12-11-21-9-5-6-10-22(21)19-23/h5-6,9-12,19H,1,3-4,7-8,13-18H2,2H3,(H,27,30). The van der Waals surface area contributed by atoms with E-state index in [0.717, 1.165) is 36.5 Å². The number of alkyl carbamates (subject to hydrolysis) is 1. The summed E-state index contributed by atoms with van der Waals surface area (Å²) in [6.45, 7) is 6.71. The Bertz CT molecular complexity index is 957. The highest BCUT2D eigenvalue weighted by Crippen LogP contribution is 2.16. The molecule has 0 bridgehead atoms. The van der Waals surface area contributed by atoms with Crippen LogP contribution in [-0.4, -0.2) is 57.6 Å². The lowest BCUT2D eigenvalue weighted by Crippen LogP contribution is -2.28. The van der Waals surface area contributed by atoms with Crippen LogP contribution in [0.25, 0.3) is 10.8 Å². The van der Waals surface area contributed by atoms with E-state index in [1.165, 1.54) is 0 Å². The molecule has 2 rings (SSSR count). The Balaban J connectivity index is 1.41. The zero-order chi connectivity index (χ0) is 24.6. The predicted molar refractivity (Wildman–Crippen MR) is 129 cm³/mol. The topological polar surface area (TPSA) is 100 Å². The number of ether oxygens (including phenoxy) is 4. The SMILES string of the molecule is C=C(C)C(=O)OCCOCCNC(=O)OCCCCCCOC(=O)c1ccc2ccccc2c1. The average Bonchev–Trinajstić information content (AvgIpc) is 2.84. The van der Waals surface area contributed by atoms with E-state index in [1.807, 2.05) is 36.4 Å². The molecule has 34 heavy (non-hydrogen) atoms. The van der Waals surface area contributed by atoms with E-state index in [9.17, 15) is 14.4 Å². The second kappa shape index (κ2) is 15.4. The number of amides is 1. The van der Waals surface area contributed by atoms with Gasteiger partial charge in [-0.2, -0.15) is 0 Å². The Morgan fingerprint density at radius 3 is 2.24 bits per heavy atom. The Morgan fingerprint density at radius 2 is 1.50 bits per heavy atom. The van der Waals surface area contributed by atoms with Gasteiger partial charge in [0.25, 0.3) is 0 Å². The summed E-state index contributed by atoms with van der Waals surface area (Å²) in [4.78, 5) is 35.0.